The number of aryl methyl sites for hydroxylation is 3. The van der Waals surface area contributed by atoms with Crippen molar-refractivity contribution in [1.29, 1.82) is 0 Å². The summed E-state index contributed by atoms with van der Waals surface area (Å²) in [7, 11) is 1.29. The summed E-state index contributed by atoms with van der Waals surface area (Å²) >= 11 is 0. The average molecular weight is 976 g/mol. The first-order valence-corrected chi connectivity index (χ1v) is 17.1. The van der Waals surface area contributed by atoms with E-state index < -0.39 is 5.97 Å². The quantitative estimate of drug-likeness (QED) is 0.135. The first-order chi connectivity index (χ1) is 28.1. The smallest absolute Gasteiger partial charge is 0.572 e. The third-order valence-corrected chi connectivity index (χ3v) is 6.57. The number of Topliss-reactive ketones (excluding diaryl/α,β-unsaturated/α-hetero) is 2. The van der Waals surface area contributed by atoms with Gasteiger partial charge in [-0.2, -0.15) is 5.10 Å². The molecule has 0 saturated heterocycles. The number of esters is 1. The van der Waals surface area contributed by atoms with Crippen molar-refractivity contribution in [1.82, 2.24) is 80.4 Å². The van der Waals surface area contributed by atoms with Gasteiger partial charge in [-0.1, -0.05) is 23.5 Å². The van der Waals surface area contributed by atoms with Gasteiger partial charge in [-0.05, 0) is 64.1 Å². The molecule has 59 heavy (non-hydrogen) atoms. The standard InChI is InChI=1S/C8H8N4.2C8H7N4.C8H8N2O2.C6H6N2O2.Pt/c3*1-6-5-7(12-11-6)8-9-3-2-4-10-8;1-6(11)5-7(12)8-9-3-2-4-10-8;1-10-6(9)5-7-3-2-4-8-5;/h2-5H,1H3,(H,11,12);2*2-5H,1H3;2-4H,5H2,1H3;2-4H,1H3;/q;2*-1;;;+2. The van der Waals surface area contributed by atoms with Crippen LogP contribution in [0.4, 0.5) is 0 Å². The number of hydrogen-bond acceptors (Lipinski definition) is 17. The fraction of sp³-hybridized carbons (Fsp3) is 0.158. The van der Waals surface area contributed by atoms with Crippen molar-refractivity contribution in [3.63, 3.8) is 0 Å². The number of ether oxygens (including phenoxy) is 1. The molecule has 0 aromatic carbocycles. The molecule has 1 N–H and O–H groups in total. The average Bonchev–Trinajstić information content (AvgIpc) is 4.04. The van der Waals surface area contributed by atoms with Crippen molar-refractivity contribution in [3.8, 4) is 34.6 Å². The molecule has 0 fully saturated rings. The molecule has 302 valence electrons. The Bertz CT molecular complexity index is 2240. The van der Waals surface area contributed by atoms with Crippen molar-refractivity contribution in [2.75, 3.05) is 7.11 Å². The molecule has 0 unspecified atom stereocenters. The predicted molar refractivity (Wildman–Crippen MR) is 206 cm³/mol. The molecule has 0 radical (unpaired) electrons. The summed E-state index contributed by atoms with van der Waals surface area (Å²) in [5.74, 6) is 1.08. The topological polar surface area (TPSA) is 272 Å². The van der Waals surface area contributed by atoms with Crippen LogP contribution in [-0.2, 0) is 30.6 Å². The van der Waals surface area contributed by atoms with Crippen molar-refractivity contribution < 1.29 is 40.2 Å². The van der Waals surface area contributed by atoms with Crippen LogP contribution in [0, 0.1) is 20.8 Å². The van der Waals surface area contributed by atoms with Gasteiger partial charge in [-0.15, -0.1) is 0 Å². The van der Waals surface area contributed by atoms with Crippen LogP contribution in [-0.4, -0.2) is 94.9 Å². The summed E-state index contributed by atoms with van der Waals surface area (Å²) in [5.41, 5.74) is 5.03. The Kier molecular flexibility index (Phi) is 19.4. The summed E-state index contributed by atoms with van der Waals surface area (Å²) in [6.07, 6.45) is 15.9. The number of carbonyl (C=O) groups excluding carboxylic acids is 3. The van der Waals surface area contributed by atoms with Crippen LogP contribution < -0.4 is 10.2 Å². The number of hydrogen-bond donors (Lipinski definition) is 1. The van der Waals surface area contributed by atoms with Crippen LogP contribution in [0.2, 0.25) is 0 Å². The van der Waals surface area contributed by atoms with E-state index in [0.717, 1.165) is 34.2 Å². The van der Waals surface area contributed by atoms with Crippen LogP contribution in [0.25, 0.3) is 34.6 Å². The Morgan fingerprint density at radius 3 is 1.31 bits per heavy atom. The van der Waals surface area contributed by atoms with Crippen LogP contribution in [0.5, 0.6) is 0 Å². The van der Waals surface area contributed by atoms with E-state index in [0.29, 0.717) is 17.5 Å². The zero-order chi connectivity index (χ0) is 41.5. The van der Waals surface area contributed by atoms with Gasteiger partial charge in [-0.3, -0.25) is 14.7 Å². The molecule has 0 aliphatic heterocycles. The minimum Gasteiger partial charge on any atom is -0.572 e. The van der Waals surface area contributed by atoms with Gasteiger partial charge in [0, 0.05) is 79.1 Å². The maximum atomic E-state index is 11.1. The fourth-order valence-electron chi connectivity index (χ4n) is 4.07. The molecule has 21 heteroatoms. The normalized spacial score (nSPS) is 9.58. The van der Waals surface area contributed by atoms with Gasteiger partial charge in [-0.25, -0.2) is 54.6 Å². The molecule has 8 aromatic heterocycles. The Morgan fingerprint density at radius 2 is 0.966 bits per heavy atom. The number of H-pyrrole nitrogens is 1. The van der Waals surface area contributed by atoms with Gasteiger partial charge in [0.05, 0.1) is 13.5 Å². The second-order valence-corrected chi connectivity index (χ2v) is 11.3. The van der Waals surface area contributed by atoms with Crippen LogP contribution >= 0.6 is 0 Å². The summed E-state index contributed by atoms with van der Waals surface area (Å²) in [6.45, 7) is 7.08. The van der Waals surface area contributed by atoms with E-state index in [1.54, 1.807) is 67.5 Å². The van der Waals surface area contributed by atoms with E-state index in [2.05, 4.69) is 85.2 Å². The number of methoxy groups -OCH3 is 1. The summed E-state index contributed by atoms with van der Waals surface area (Å²) in [5, 5.41) is 22.4. The third-order valence-electron chi connectivity index (χ3n) is 6.57. The number of aromatic amines is 1. The number of nitrogens with one attached hydrogen (secondary N) is 1. The second kappa shape index (κ2) is 24.9. The Balaban J connectivity index is 0.000000197. The molecule has 0 aliphatic rings. The second-order valence-electron chi connectivity index (χ2n) is 11.3. The number of ketones is 2. The molecule has 8 rings (SSSR count). The molecule has 0 amide bonds. The molecular formula is C38H36N16O4Pt. The van der Waals surface area contributed by atoms with E-state index >= 15 is 0 Å². The van der Waals surface area contributed by atoms with Gasteiger partial charge < -0.3 is 25.1 Å². The van der Waals surface area contributed by atoms with Gasteiger partial charge >= 0.3 is 27.0 Å². The molecule has 8 heterocycles. The van der Waals surface area contributed by atoms with Crippen LogP contribution in [0.15, 0.2) is 110 Å². The number of rotatable bonds is 7. The van der Waals surface area contributed by atoms with Crippen molar-refractivity contribution in [3.05, 3.63) is 139 Å². The van der Waals surface area contributed by atoms with Gasteiger partial charge in [0.15, 0.2) is 11.6 Å². The molecule has 0 spiro atoms. The summed E-state index contributed by atoms with van der Waals surface area (Å²) < 4.78 is 4.37. The van der Waals surface area contributed by atoms with E-state index in [1.165, 1.54) is 38.8 Å². The number of nitrogens with zero attached hydrogens (tertiary/aromatic N) is 15. The largest absolute Gasteiger partial charge is 2.00 e. The predicted octanol–water partition coefficient (Wildman–Crippen LogP) is 3.68. The first-order valence-electron chi connectivity index (χ1n) is 17.1. The maximum Gasteiger partial charge on any atom is 2.00 e. The zero-order valence-corrected chi connectivity index (χ0v) is 34.5. The van der Waals surface area contributed by atoms with Crippen molar-refractivity contribution >= 4 is 17.5 Å². The maximum absolute atomic E-state index is 11.1. The molecular weight excluding hydrogens is 940 g/mol. The Labute approximate surface area is 352 Å². The minimum absolute atomic E-state index is 0. The Morgan fingerprint density at radius 1 is 0.576 bits per heavy atom. The van der Waals surface area contributed by atoms with Gasteiger partial charge in [0.2, 0.25) is 11.6 Å². The summed E-state index contributed by atoms with van der Waals surface area (Å²) in [4.78, 5) is 71.4. The third kappa shape index (κ3) is 16.3. The number of carbonyl (C=O) groups is 3. The van der Waals surface area contributed by atoms with Gasteiger partial charge in [0.25, 0.3) is 0 Å². The minimum atomic E-state index is -0.513. The SMILES string of the molecule is CC(=O)CC(=O)c1ncccn1.COC(=O)c1ncccn1.Cc1cc(-c2ncccn2)[n-]n1.Cc1cc(-c2ncccn2)[n-]n1.Cc1cc(-c2ncccn2)n[nH]1.[Pt+2]. The molecule has 0 saturated carbocycles. The van der Waals surface area contributed by atoms with E-state index in [9.17, 15) is 14.4 Å². The van der Waals surface area contributed by atoms with E-state index in [1.807, 2.05) is 39.0 Å². The monoisotopic (exact) mass is 975 g/mol. The zero-order valence-electron chi connectivity index (χ0n) is 32.3. The molecule has 0 bridgehead atoms. The molecule has 20 nitrogen and oxygen atoms in total. The van der Waals surface area contributed by atoms with Crippen LogP contribution in [0.3, 0.4) is 0 Å². The van der Waals surface area contributed by atoms with Crippen molar-refractivity contribution in [2.24, 2.45) is 0 Å². The van der Waals surface area contributed by atoms with Gasteiger partial charge in [0.1, 0.15) is 23.1 Å². The molecule has 8 aromatic rings. The fourth-order valence-corrected chi connectivity index (χ4v) is 4.07. The Hall–Kier alpha value is -7.47. The molecule has 0 atom stereocenters. The molecule has 0 aliphatic carbocycles. The van der Waals surface area contributed by atoms with Crippen LogP contribution in [0.1, 0.15) is 51.7 Å². The number of aromatic nitrogens is 16. The van der Waals surface area contributed by atoms with Crippen molar-refractivity contribution in [2.45, 2.75) is 34.1 Å². The summed E-state index contributed by atoms with van der Waals surface area (Å²) in [6, 6.07) is 14.2. The first kappa shape index (κ1) is 45.9. The van der Waals surface area contributed by atoms with E-state index in [4.69, 9.17) is 0 Å². The van der Waals surface area contributed by atoms with E-state index in [-0.39, 0.29) is 50.7 Å².